The van der Waals surface area contributed by atoms with E-state index in [1.165, 1.54) is 24.3 Å². The van der Waals surface area contributed by atoms with Gasteiger partial charge in [-0.1, -0.05) is 6.07 Å². The Morgan fingerprint density at radius 1 is 1.33 bits per heavy atom. The van der Waals surface area contributed by atoms with Gasteiger partial charge in [-0.2, -0.15) is 0 Å². The smallest absolute Gasteiger partial charge is 0.335 e. The van der Waals surface area contributed by atoms with Crippen LogP contribution in [-0.2, 0) is 4.79 Å². The quantitative estimate of drug-likeness (QED) is 0.870. The molecule has 0 bridgehead atoms. The first kappa shape index (κ1) is 15.0. The van der Waals surface area contributed by atoms with Crippen molar-refractivity contribution in [1.29, 1.82) is 0 Å². The van der Waals surface area contributed by atoms with Gasteiger partial charge >= 0.3 is 5.97 Å². The molecular weight excluding hydrogens is 272 g/mol. The lowest BCUT2D eigenvalue weighted by Gasteiger charge is -2.21. The predicted octanol–water partition coefficient (Wildman–Crippen LogP) is 1.12. The van der Waals surface area contributed by atoms with E-state index in [0.29, 0.717) is 13.0 Å². The molecule has 1 aromatic rings. The minimum atomic E-state index is -1.09. The van der Waals surface area contributed by atoms with E-state index < -0.39 is 17.9 Å². The van der Waals surface area contributed by atoms with Gasteiger partial charge in [-0.05, 0) is 38.5 Å². The minimum absolute atomic E-state index is 0.0456. The monoisotopic (exact) mass is 290 g/mol. The van der Waals surface area contributed by atoms with E-state index in [4.69, 9.17) is 5.11 Å². The van der Waals surface area contributed by atoms with Crippen molar-refractivity contribution in [3.05, 3.63) is 35.4 Å². The molecule has 0 unspecified atom stereocenters. The molecule has 1 aromatic carbocycles. The third-order valence-corrected chi connectivity index (χ3v) is 3.54. The normalized spacial score (nSPS) is 18.1. The highest BCUT2D eigenvalue weighted by atomic mass is 16.4. The molecule has 1 fully saturated rings. The molecule has 1 saturated heterocycles. The largest absolute Gasteiger partial charge is 0.478 e. The number of hydrogen-bond acceptors (Lipinski definition) is 3. The first-order chi connectivity index (χ1) is 9.90. The van der Waals surface area contributed by atoms with Crippen LogP contribution in [0.2, 0.25) is 0 Å². The molecule has 0 aromatic heterocycles. The van der Waals surface area contributed by atoms with E-state index in [0.717, 1.165) is 0 Å². The summed E-state index contributed by atoms with van der Waals surface area (Å²) >= 11 is 0. The molecule has 1 heterocycles. The SMILES string of the molecule is CC(C)N1CC[C@@H](NC(=O)c2cccc(C(=O)O)c2)C1=O. The third-order valence-electron chi connectivity index (χ3n) is 3.54. The van der Waals surface area contributed by atoms with Gasteiger partial charge in [0.05, 0.1) is 5.56 Å². The van der Waals surface area contributed by atoms with Gasteiger partial charge in [0.25, 0.3) is 5.91 Å². The second-order valence-corrected chi connectivity index (χ2v) is 5.33. The van der Waals surface area contributed by atoms with E-state index >= 15 is 0 Å². The molecule has 0 radical (unpaired) electrons. The number of aromatic carboxylic acids is 1. The molecule has 1 aliphatic rings. The lowest BCUT2D eigenvalue weighted by atomic mass is 10.1. The number of benzene rings is 1. The highest BCUT2D eigenvalue weighted by Gasteiger charge is 2.34. The topological polar surface area (TPSA) is 86.7 Å². The molecule has 1 atom stereocenters. The zero-order chi connectivity index (χ0) is 15.6. The summed E-state index contributed by atoms with van der Waals surface area (Å²) in [6, 6.07) is 5.33. The molecule has 2 rings (SSSR count). The van der Waals surface area contributed by atoms with Crippen LogP contribution in [-0.4, -0.2) is 46.4 Å². The predicted molar refractivity (Wildman–Crippen MR) is 76.1 cm³/mol. The van der Waals surface area contributed by atoms with Gasteiger partial charge in [0.1, 0.15) is 6.04 Å². The molecule has 6 heteroatoms. The van der Waals surface area contributed by atoms with Crippen LogP contribution in [0.4, 0.5) is 0 Å². The van der Waals surface area contributed by atoms with Crippen molar-refractivity contribution in [3.8, 4) is 0 Å². The summed E-state index contributed by atoms with van der Waals surface area (Å²) in [5, 5.41) is 11.6. The summed E-state index contributed by atoms with van der Waals surface area (Å²) in [4.78, 5) is 36.8. The van der Waals surface area contributed by atoms with Gasteiger partial charge < -0.3 is 15.3 Å². The van der Waals surface area contributed by atoms with E-state index in [1.54, 1.807) is 4.90 Å². The van der Waals surface area contributed by atoms with Crippen molar-refractivity contribution in [2.75, 3.05) is 6.54 Å². The van der Waals surface area contributed by atoms with Gasteiger partial charge in [-0.3, -0.25) is 9.59 Å². The molecule has 6 nitrogen and oxygen atoms in total. The Morgan fingerprint density at radius 2 is 2.00 bits per heavy atom. The Labute approximate surface area is 122 Å². The van der Waals surface area contributed by atoms with Crippen molar-refractivity contribution in [3.63, 3.8) is 0 Å². The van der Waals surface area contributed by atoms with Crippen LogP contribution in [0.1, 0.15) is 41.0 Å². The first-order valence-electron chi connectivity index (χ1n) is 6.85. The summed E-state index contributed by atoms with van der Waals surface area (Å²) < 4.78 is 0. The van der Waals surface area contributed by atoms with Crippen LogP contribution in [0, 0.1) is 0 Å². The molecule has 0 aliphatic carbocycles. The molecule has 21 heavy (non-hydrogen) atoms. The highest BCUT2D eigenvalue weighted by molar-refractivity contribution is 6.00. The van der Waals surface area contributed by atoms with Gasteiger partial charge in [0, 0.05) is 18.2 Å². The standard InChI is InChI=1S/C15H18N2O4/c1-9(2)17-7-6-12(14(17)19)16-13(18)10-4-3-5-11(8-10)15(20)21/h3-5,8-9,12H,6-7H2,1-2H3,(H,16,18)(H,20,21)/t12-/m1/s1. The summed E-state index contributed by atoms with van der Waals surface area (Å²) in [6.07, 6.45) is 0.571. The summed E-state index contributed by atoms with van der Waals surface area (Å²) in [5.74, 6) is -1.61. The number of carboxylic acid groups (broad SMARTS) is 1. The van der Waals surface area contributed by atoms with Crippen LogP contribution in [0.25, 0.3) is 0 Å². The third kappa shape index (κ3) is 3.21. The Morgan fingerprint density at radius 3 is 2.57 bits per heavy atom. The maximum absolute atomic E-state index is 12.1. The summed E-state index contributed by atoms with van der Waals surface area (Å²) in [7, 11) is 0. The maximum Gasteiger partial charge on any atom is 0.335 e. The average Bonchev–Trinajstić information content (AvgIpc) is 2.80. The Hall–Kier alpha value is -2.37. The maximum atomic E-state index is 12.1. The van der Waals surface area contributed by atoms with Crippen molar-refractivity contribution < 1.29 is 19.5 Å². The van der Waals surface area contributed by atoms with E-state index in [1.807, 2.05) is 13.8 Å². The molecule has 112 valence electrons. The van der Waals surface area contributed by atoms with Crippen molar-refractivity contribution in [1.82, 2.24) is 10.2 Å². The number of carboxylic acids is 1. The fourth-order valence-electron chi connectivity index (χ4n) is 2.38. The van der Waals surface area contributed by atoms with Gasteiger partial charge in [-0.25, -0.2) is 4.79 Å². The Kier molecular flexibility index (Phi) is 4.26. The number of hydrogen-bond donors (Lipinski definition) is 2. The van der Waals surface area contributed by atoms with Gasteiger partial charge in [0.2, 0.25) is 5.91 Å². The minimum Gasteiger partial charge on any atom is -0.478 e. The molecule has 0 saturated carbocycles. The second-order valence-electron chi connectivity index (χ2n) is 5.33. The molecule has 2 N–H and O–H groups in total. The van der Waals surface area contributed by atoms with Crippen molar-refractivity contribution in [2.24, 2.45) is 0 Å². The number of nitrogens with one attached hydrogen (secondary N) is 1. The van der Waals surface area contributed by atoms with Crippen LogP contribution in [0.5, 0.6) is 0 Å². The molecule has 0 spiro atoms. The zero-order valence-electron chi connectivity index (χ0n) is 12.0. The van der Waals surface area contributed by atoms with E-state index in [9.17, 15) is 14.4 Å². The number of carbonyl (C=O) groups excluding carboxylic acids is 2. The molecular formula is C15H18N2O4. The fourth-order valence-corrected chi connectivity index (χ4v) is 2.38. The van der Waals surface area contributed by atoms with Crippen molar-refractivity contribution >= 4 is 17.8 Å². The van der Waals surface area contributed by atoms with E-state index in [-0.39, 0.29) is 23.1 Å². The number of amides is 2. The van der Waals surface area contributed by atoms with Crippen LogP contribution < -0.4 is 5.32 Å². The zero-order valence-corrected chi connectivity index (χ0v) is 12.0. The van der Waals surface area contributed by atoms with Crippen LogP contribution in [0.3, 0.4) is 0 Å². The number of rotatable bonds is 4. The lowest BCUT2D eigenvalue weighted by Crippen LogP contribution is -2.43. The number of likely N-dealkylation sites (tertiary alicyclic amines) is 1. The fraction of sp³-hybridized carbons (Fsp3) is 0.400. The Bertz CT molecular complexity index is 583. The Balaban J connectivity index is 2.07. The first-order valence-corrected chi connectivity index (χ1v) is 6.85. The summed E-state index contributed by atoms with van der Waals surface area (Å²) in [5.41, 5.74) is 0.287. The second kappa shape index (κ2) is 5.95. The molecule has 1 aliphatic heterocycles. The van der Waals surface area contributed by atoms with Crippen LogP contribution >= 0.6 is 0 Å². The van der Waals surface area contributed by atoms with Gasteiger partial charge in [-0.15, -0.1) is 0 Å². The van der Waals surface area contributed by atoms with Crippen molar-refractivity contribution in [2.45, 2.75) is 32.4 Å². The molecule has 2 amide bonds. The van der Waals surface area contributed by atoms with Crippen LogP contribution in [0.15, 0.2) is 24.3 Å². The van der Waals surface area contributed by atoms with Gasteiger partial charge in [0.15, 0.2) is 0 Å². The number of nitrogens with zero attached hydrogens (tertiary/aromatic N) is 1. The summed E-state index contributed by atoms with van der Waals surface area (Å²) in [6.45, 7) is 4.48. The lowest BCUT2D eigenvalue weighted by molar-refractivity contribution is -0.130. The average molecular weight is 290 g/mol. The van der Waals surface area contributed by atoms with E-state index in [2.05, 4.69) is 5.32 Å². The number of carbonyl (C=O) groups is 3. The highest BCUT2D eigenvalue weighted by Crippen LogP contribution is 2.15.